The Morgan fingerprint density at radius 1 is 1.15 bits per heavy atom. The van der Waals surface area contributed by atoms with Crippen LogP contribution in [0.5, 0.6) is 0 Å². The molecule has 1 heterocycles. The molecule has 0 atom stereocenters. The molecule has 0 radical (unpaired) electrons. The van der Waals surface area contributed by atoms with Gasteiger partial charge in [-0.3, -0.25) is 5.41 Å². The normalized spacial score (nSPS) is 10.8. The SMILES string of the molecule is N=C(N)c1cc(Br)ccc1Sc1cc2ccccc2[nH]1. The Labute approximate surface area is 129 Å². The third-order valence-corrected chi connectivity index (χ3v) is 4.47. The highest BCUT2D eigenvalue weighted by atomic mass is 79.9. The number of nitrogen functional groups attached to an aromatic ring is 1. The molecule has 0 aliphatic rings. The summed E-state index contributed by atoms with van der Waals surface area (Å²) >= 11 is 4.99. The van der Waals surface area contributed by atoms with Gasteiger partial charge in [-0.15, -0.1) is 0 Å². The van der Waals surface area contributed by atoms with Crippen molar-refractivity contribution in [3.05, 3.63) is 58.6 Å². The van der Waals surface area contributed by atoms with E-state index in [1.165, 1.54) is 5.39 Å². The van der Waals surface area contributed by atoms with Crippen LogP contribution in [0.2, 0.25) is 0 Å². The first-order valence-electron chi connectivity index (χ1n) is 6.03. The second-order valence-corrected chi connectivity index (χ2v) is 6.38. The highest BCUT2D eigenvalue weighted by Gasteiger charge is 2.09. The molecular weight excluding hydrogens is 334 g/mol. The smallest absolute Gasteiger partial charge is 0.123 e. The van der Waals surface area contributed by atoms with Crippen molar-refractivity contribution in [3.8, 4) is 0 Å². The van der Waals surface area contributed by atoms with Crippen LogP contribution in [-0.2, 0) is 0 Å². The molecule has 5 heteroatoms. The second-order valence-electron chi connectivity index (χ2n) is 4.38. The van der Waals surface area contributed by atoms with Gasteiger partial charge in [-0.1, -0.05) is 45.9 Å². The Morgan fingerprint density at radius 3 is 2.70 bits per heavy atom. The fourth-order valence-electron chi connectivity index (χ4n) is 2.02. The van der Waals surface area contributed by atoms with Crippen molar-refractivity contribution in [3.63, 3.8) is 0 Å². The summed E-state index contributed by atoms with van der Waals surface area (Å²) in [6.07, 6.45) is 0. The summed E-state index contributed by atoms with van der Waals surface area (Å²) < 4.78 is 0.920. The van der Waals surface area contributed by atoms with E-state index in [0.29, 0.717) is 0 Å². The van der Waals surface area contributed by atoms with Crippen LogP contribution < -0.4 is 5.73 Å². The highest BCUT2D eigenvalue weighted by Crippen LogP contribution is 2.33. The Morgan fingerprint density at radius 2 is 1.95 bits per heavy atom. The van der Waals surface area contributed by atoms with Crippen LogP contribution >= 0.6 is 27.7 Å². The predicted molar refractivity (Wildman–Crippen MR) is 87.6 cm³/mol. The summed E-state index contributed by atoms with van der Waals surface area (Å²) in [4.78, 5) is 4.33. The number of H-pyrrole nitrogens is 1. The van der Waals surface area contributed by atoms with Gasteiger partial charge in [0.15, 0.2) is 0 Å². The molecular formula is C15H12BrN3S. The van der Waals surface area contributed by atoms with E-state index in [4.69, 9.17) is 11.1 Å². The Balaban J connectivity index is 2.00. The summed E-state index contributed by atoms with van der Waals surface area (Å²) in [6, 6.07) is 16.0. The van der Waals surface area contributed by atoms with Crippen molar-refractivity contribution in [1.29, 1.82) is 5.41 Å². The van der Waals surface area contributed by atoms with Gasteiger partial charge in [0.2, 0.25) is 0 Å². The number of fused-ring (bicyclic) bond motifs is 1. The number of halogens is 1. The molecule has 100 valence electrons. The molecule has 0 saturated carbocycles. The predicted octanol–water partition coefficient (Wildman–Crippen LogP) is 4.37. The van der Waals surface area contributed by atoms with Crippen LogP contribution in [0.3, 0.4) is 0 Å². The maximum absolute atomic E-state index is 7.68. The summed E-state index contributed by atoms with van der Waals surface area (Å²) in [5, 5.41) is 9.89. The monoisotopic (exact) mass is 345 g/mol. The summed E-state index contributed by atoms with van der Waals surface area (Å²) in [5.41, 5.74) is 7.50. The van der Waals surface area contributed by atoms with E-state index in [1.807, 2.05) is 36.4 Å². The molecule has 2 aromatic carbocycles. The lowest BCUT2D eigenvalue weighted by molar-refractivity contribution is 1.23. The molecule has 0 bridgehead atoms. The van der Waals surface area contributed by atoms with Crippen LogP contribution in [0.15, 0.2) is 62.9 Å². The molecule has 0 fully saturated rings. The minimum atomic E-state index is 0.0740. The molecule has 4 N–H and O–H groups in total. The van der Waals surface area contributed by atoms with Gasteiger partial charge in [-0.25, -0.2) is 0 Å². The van der Waals surface area contributed by atoms with Crippen LogP contribution in [0, 0.1) is 5.41 Å². The van der Waals surface area contributed by atoms with Crippen LogP contribution in [0.1, 0.15) is 5.56 Å². The van der Waals surface area contributed by atoms with Crippen molar-refractivity contribution in [2.75, 3.05) is 0 Å². The number of aromatic amines is 1. The van der Waals surface area contributed by atoms with E-state index in [2.05, 4.69) is 33.0 Å². The van der Waals surface area contributed by atoms with Crippen LogP contribution in [0.25, 0.3) is 10.9 Å². The highest BCUT2D eigenvalue weighted by molar-refractivity contribution is 9.10. The van der Waals surface area contributed by atoms with Crippen molar-refractivity contribution < 1.29 is 0 Å². The number of para-hydroxylation sites is 1. The second kappa shape index (κ2) is 5.34. The standard InChI is InChI=1S/C15H12BrN3S/c16-10-5-6-13(11(8-10)15(17)18)20-14-7-9-3-1-2-4-12(9)19-14/h1-8,19H,(H3,17,18). The number of aromatic nitrogens is 1. The molecule has 20 heavy (non-hydrogen) atoms. The van der Waals surface area contributed by atoms with Crippen molar-refractivity contribution in [2.45, 2.75) is 9.92 Å². The number of benzene rings is 2. The summed E-state index contributed by atoms with van der Waals surface area (Å²) in [5.74, 6) is 0.0740. The fourth-order valence-corrected chi connectivity index (χ4v) is 3.38. The van der Waals surface area contributed by atoms with Gasteiger partial charge in [0.05, 0.1) is 5.03 Å². The van der Waals surface area contributed by atoms with E-state index in [0.717, 1.165) is 25.5 Å². The molecule has 0 amide bonds. The molecule has 1 aromatic heterocycles. The van der Waals surface area contributed by atoms with Gasteiger partial charge in [0.1, 0.15) is 5.84 Å². The van der Waals surface area contributed by atoms with Crippen molar-refractivity contribution >= 4 is 44.4 Å². The van der Waals surface area contributed by atoms with Gasteiger partial charge in [-0.05, 0) is 30.3 Å². The Kier molecular flexibility index (Phi) is 3.54. The lowest BCUT2D eigenvalue weighted by Crippen LogP contribution is -2.12. The summed E-state index contributed by atoms with van der Waals surface area (Å²) in [7, 11) is 0. The molecule has 0 aliphatic heterocycles. The minimum Gasteiger partial charge on any atom is -0.384 e. The van der Waals surface area contributed by atoms with E-state index < -0.39 is 0 Å². The number of rotatable bonds is 3. The first-order valence-corrected chi connectivity index (χ1v) is 7.64. The Bertz CT molecular complexity index is 762. The molecule has 0 saturated heterocycles. The topological polar surface area (TPSA) is 65.7 Å². The molecule has 0 aliphatic carbocycles. The molecule has 3 rings (SSSR count). The van der Waals surface area contributed by atoms with E-state index in [-0.39, 0.29) is 5.84 Å². The number of hydrogen-bond acceptors (Lipinski definition) is 2. The Hall–Kier alpha value is -1.72. The van der Waals surface area contributed by atoms with Gasteiger partial charge in [0, 0.05) is 25.8 Å². The van der Waals surface area contributed by atoms with Crippen molar-refractivity contribution in [2.24, 2.45) is 5.73 Å². The molecule has 3 nitrogen and oxygen atoms in total. The third-order valence-electron chi connectivity index (χ3n) is 2.96. The average molecular weight is 346 g/mol. The van der Waals surface area contributed by atoms with Gasteiger partial charge in [-0.2, -0.15) is 0 Å². The number of nitrogens with two attached hydrogens (primary N) is 1. The lowest BCUT2D eigenvalue weighted by Gasteiger charge is -2.07. The number of hydrogen-bond donors (Lipinski definition) is 3. The molecule has 0 spiro atoms. The maximum Gasteiger partial charge on any atom is 0.123 e. The van der Waals surface area contributed by atoms with Gasteiger partial charge < -0.3 is 10.7 Å². The minimum absolute atomic E-state index is 0.0740. The lowest BCUT2D eigenvalue weighted by atomic mass is 10.2. The largest absolute Gasteiger partial charge is 0.384 e. The van der Waals surface area contributed by atoms with E-state index in [9.17, 15) is 0 Å². The first kappa shape index (κ1) is 13.3. The third kappa shape index (κ3) is 2.59. The number of nitrogens with one attached hydrogen (secondary N) is 2. The van der Waals surface area contributed by atoms with Gasteiger partial charge >= 0.3 is 0 Å². The number of amidine groups is 1. The van der Waals surface area contributed by atoms with Crippen molar-refractivity contribution in [1.82, 2.24) is 4.98 Å². The van der Waals surface area contributed by atoms with E-state index >= 15 is 0 Å². The molecule has 3 aromatic rings. The average Bonchev–Trinajstić information content (AvgIpc) is 2.82. The maximum atomic E-state index is 7.68. The summed E-state index contributed by atoms with van der Waals surface area (Å²) in [6.45, 7) is 0. The quantitative estimate of drug-likeness (QED) is 0.487. The van der Waals surface area contributed by atoms with E-state index in [1.54, 1.807) is 11.8 Å². The zero-order valence-corrected chi connectivity index (χ0v) is 12.9. The zero-order valence-electron chi connectivity index (χ0n) is 10.5. The zero-order chi connectivity index (χ0) is 14.1. The first-order chi connectivity index (χ1) is 9.63. The van der Waals surface area contributed by atoms with Crippen LogP contribution in [0.4, 0.5) is 0 Å². The fraction of sp³-hybridized carbons (Fsp3) is 0. The van der Waals surface area contributed by atoms with Gasteiger partial charge in [0.25, 0.3) is 0 Å². The molecule has 0 unspecified atom stereocenters. The van der Waals surface area contributed by atoms with Crippen LogP contribution in [-0.4, -0.2) is 10.8 Å².